The lowest BCUT2D eigenvalue weighted by Crippen LogP contribution is -2.26. The predicted molar refractivity (Wildman–Crippen MR) is 67.3 cm³/mol. The maximum Gasteiger partial charge on any atom is 0.222 e. The van der Waals surface area contributed by atoms with Crippen molar-refractivity contribution in [2.75, 3.05) is 11.9 Å². The molecule has 0 saturated carbocycles. The summed E-state index contributed by atoms with van der Waals surface area (Å²) in [5, 5.41) is 3.19. The molecule has 1 unspecified atom stereocenters. The van der Waals surface area contributed by atoms with E-state index >= 15 is 0 Å². The van der Waals surface area contributed by atoms with Gasteiger partial charge in [-0.2, -0.15) is 0 Å². The SMILES string of the molecule is CCCc1ccc(NCC(C)C(N)=O)cc1. The molecular weight excluding hydrogens is 200 g/mol. The molecule has 1 atom stereocenters. The summed E-state index contributed by atoms with van der Waals surface area (Å²) in [7, 11) is 0. The van der Waals surface area contributed by atoms with Gasteiger partial charge in [-0.25, -0.2) is 0 Å². The molecule has 0 heterocycles. The van der Waals surface area contributed by atoms with Crippen molar-refractivity contribution >= 4 is 11.6 Å². The second-order valence-electron chi connectivity index (χ2n) is 4.13. The quantitative estimate of drug-likeness (QED) is 0.772. The van der Waals surface area contributed by atoms with E-state index in [-0.39, 0.29) is 11.8 Å². The molecule has 0 aromatic heterocycles. The lowest BCUT2D eigenvalue weighted by Gasteiger charge is -2.10. The minimum absolute atomic E-state index is 0.143. The van der Waals surface area contributed by atoms with Crippen LogP contribution in [-0.2, 0) is 11.2 Å². The van der Waals surface area contributed by atoms with Gasteiger partial charge in [0.25, 0.3) is 0 Å². The van der Waals surface area contributed by atoms with E-state index in [2.05, 4.69) is 24.4 Å². The van der Waals surface area contributed by atoms with E-state index in [1.54, 1.807) is 0 Å². The van der Waals surface area contributed by atoms with Crippen LogP contribution in [-0.4, -0.2) is 12.5 Å². The molecule has 88 valence electrons. The molecule has 0 aliphatic carbocycles. The maximum absolute atomic E-state index is 10.8. The molecule has 16 heavy (non-hydrogen) atoms. The summed E-state index contributed by atoms with van der Waals surface area (Å²) < 4.78 is 0. The number of primary amides is 1. The first-order valence-corrected chi connectivity index (χ1v) is 5.75. The minimum Gasteiger partial charge on any atom is -0.384 e. The van der Waals surface area contributed by atoms with Gasteiger partial charge in [0.05, 0.1) is 5.92 Å². The lowest BCUT2D eigenvalue weighted by atomic mass is 10.1. The van der Waals surface area contributed by atoms with E-state index in [1.807, 2.05) is 19.1 Å². The zero-order valence-electron chi connectivity index (χ0n) is 9.99. The zero-order valence-corrected chi connectivity index (χ0v) is 9.99. The molecule has 0 aliphatic heterocycles. The van der Waals surface area contributed by atoms with Crippen molar-refractivity contribution in [1.29, 1.82) is 0 Å². The Balaban J connectivity index is 2.46. The molecule has 1 aromatic rings. The standard InChI is InChI=1S/C13H20N2O/c1-3-4-11-5-7-12(8-6-11)15-9-10(2)13(14)16/h5-8,10,15H,3-4,9H2,1-2H3,(H2,14,16). The Labute approximate surface area is 97.0 Å². The van der Waals surface area contributed by atoms with Crippen molar-refractivity contribution in [3.8, 4) is 0 Å². The number of anilines is 1. The maximum atomic E-state index is 10.8. The number of hydrogen-bond donors (Lipinski definition) is 2. The highest BCUT2D eigenvalue weighted by molar-refractivity contribution is 5.76. The summed E-state index contributed by atoms with van der Waals surface area (Å²) in [5.74, 6) is -0.412. The van der Waals surface area contributed by atoms with Gasteiger partial charge in [0.1, 0.15) is 0 Å². The van der Waals surface area contributed by atoms with E-state index in [0.29, 0.717) is 6.54 Å². The fourth-order valence-corrected chi connectivity index (χ4v) is 1.45. The van der Waals surface area contributed by atoms with Crippen LogP contribution in [0, 0.1) is 5.92 Å². The fourth-order valence-electron chi connectivity index (χ4n) is 1.45. The third kappa shape index (κ3) is 3.93. The van der Waals surface area contributed by atoms with Gasteiger partial charge in [-0.1, -0.05) is 32.4 Å². The summed E-state index contributed by atoms with van der Waals surface area (Å²) in [5.41, 5.74) is 7.56. The molecule has 0 fully saturated rings. The molecule has 0 bridgehead atoms. The molecule has 0 saturated heterocycles. The third-order valence-corrected chi connectivity index (χ3v) is 2.59. The van der Waals surface area contributed by atoms with E-state index in [4.69, 9.17) is 5.73 Å². The van der Waals surface area contributed by atoms with Crippen molar-refractivity contribution in [2.45, 2.75) is 26.7 Å². The Morgan fingerprint density at radius 2 is 2.00 bits per heavy atom. The van der Waals surface area contributed by atoms with Crippen LogP contribution in [0.4, 0.5) is 5.69 Å². The second-order valence-corrected chi connectivity index (χ2v) is 4.13. The van der Waals surface area contributed by atoms with Gasteiger partial charge in [-0.3, -0.25) is 4.79 Å². The van der Waals surface area contributed by atoms with Gasteiger partial charge in [-0.15, -0.1) is 0 Å². The van der Waals surface area contributed by atoms with Gasteiger partial charge >= 0.3 is 0 Å². The summed E-state index contributed by atoms with van der Waals surface area (Å²) >= 11 is 0. The molecule has 0 radical (unpaired) electrons. The van der Waals surface area contributed by atoms with Crippen LogP contribution >= 0.6 is 0 Å². The number of carbonyl (C=O) groups excluding carboxylic acids is 1. The molecule has 3 heteroatoms. The Kier molecular flexibility index (Phi) is 4.83. The molecular formula is C13H20N2O. The number of hydrogen-bond acceptors (Lipinski definition) is 2. The number of nitrogens with one attached hydrogen (secondary N) is 1. The number of nitrogens with two attached hydrogens (primary N) is 1. The second kappa shape index (κ2) is 6.16. The number of aryl methyl sites for hydroxylation is 1. The highest BCUT2D eigenvalue weighted by atomic mass is 16.1. The minimum atomic E-state index is -0.268. The number of amides is 1. The van der Waals surface area contributed by atoms with Crippen molar-refractivity contribution in [3.05, 3.63) is 29.8 Å². The van der Waals surface area contributed by atoms with E-state index in [9.17, 15) is 4.79 Å². The molecule has 0 spiro atoms. The van der Waals surface area contributed by atoms with Crippen molar-refractivity contribution in [1.82, 2.24) is 0 Å². The summed E-state index contributed by atoms with van der Waals surface area (Å²) in [6.45, 7) is 4.57. The van der Waals surface area contributed by atoms with Crippen LogP contribution in [0.3, 0.4) is 0 Å². The van der Waals surface area contributed by atoms with Crippen LogP contribution in [0.25, 0.3) is 0 Å². The molecule has 1 aromatic carbocycles. The van der Waals surface area contributed by atoms with Crippen LogP contribution < -0.4 is 11.1 Å². The van der Waals surface area contributed by atoms with Crippen LogP contribution in [0.5, 0.6) is 0 Å². The van der Waals surface area contributed by atoms with Crippen molar-refractivity contribution in [2.24, 2.45) is 11.7 Å². The van der Waals surface area contributed by atoms with Gasteiger partial charge in [0.2, 0.25) is 5.91 Å². The smallest absolute Gasteiger partial charge is 0.222 e. The predicted octanol–water partition coefficient (Wildman–Crippen LogP) is 2.17. The number of benzene rings is 1. The molecule has 3 N–H and O–H groups in total. The third-order valence-electron chi connectivity index (χ3n) is 2.59. The first-order valence-electron chi connectivity index (χ1n) is 5.75. The van der Waals surface area contributed by atoms with Gasteiger partial charge in [0.15, 0.2) is 0 Å². The average Bonchev–Trinajstić information content (AvgIpc) is 2.28. The average molecular weight is 220 g/mol. The van der Waals surface area contributed by atoms with Crippen molar-refractivity contribution < 1.29 is 4.79 Å². The Morgan fingerprint density at radius 3 is 2.50 bits per heavy atom. The van der Waals surface area contributed by atoms with Crippen molar-refractivity contribution in [3.63, 3.8) is 0 Å². The van der Waals surface area contributed by atoms with Gasteiger partial charge in [0, 0.05) is 12.2 Å². The Bertz CT molecular complexity index is 332. The molecule has 3 nitrogen and oxygen atoms in total. The van der Waals surface area contributed by atoms with Crippen LogP contribution in [0.1, 0.15) is 25.8 Å². The number of carbonyl (C=O) groups is 1. The largest absolute Gasteiger partial charge is 0.384 e. The molecule has 1 amide bonds. The van der Waals surface area contributed by atoms with E-state index in [0.717, 1.165) is 18.5 Å². The van der Waals surface area contributed by atoms with Gasteiger partial charge < -0.3 is 11.1 Å². The van der Waals surface area contributed by atoms with E-state index in [1.165, 1.54) is 5.56 Å². The first kappa shape index (κ1) is 12.6. The van der Waals surface area contributed by atoms with Gasteiger partial charge in [-0.05, 0) is 24.1 Å². The lowest BCUT2D eigenvalue weighted by molar-refractivity contribution is -0.120. The number of rotatable bonds is 6. The van der Waals surface area contributed by atoms with Crippen LogP contribution in [0.15, 0.2) is 24.3 Å². The Morgan fingerprint density at radius 1 is 1.38 bits per heavy atom. The fraction of sp³-hybridized carbons (Fsp3) is 0.462. The highest BCUT2D eigenvalue weighted by Crippen LogP contribution is 2.11. The molecule has 0 aliphatic rings. The summed E-state index contributed by atoms with van der Waals surface area (Å²) in [4.78, 5) is 10.8. The highest BCUT2D eigenvalue weighted by Gasteiger charge is 2.07. The zero-order chi connectivity index (χ0) is 12.0. The topological polar surface area (TPSA) is 55.1 Å². The van der Waals surface area contributed by atoms with Crippen LogP contribution in [0.2, 0.25) is 0 Å². The Hall–Kier alpha value is -1.51. The van der Waals surface area contributed by atoms with E-state index < -0.39 is 0 Å². The summed E-state index contributed by atoms with van der Waals surface area (Å²) in [6, 6.07) is 8.30. The molecule has 1 rings (SSSR count). The monoisotopic (exact) mass is 220 g/mol. The first-order chi connectivity index (χ1) is 7.63. The normalized spacial score (nSPS) is 12.1. The summed E-state index contributed by atoms with van der Waals surface area (Å²) in [6.07, 6.45) is 2.27.